The maximum Gasteiger partial charge on any atom is 0.119 e. The van der Waals surface area contributed by atoms with E-state index in [-0.39, 0.29) is 5.41 Å². The molecule has 0 heterocycles. The lowest BCUT2D eigenvalue weighted by Crippen LogP contribution is -2.22. The summed E-state index contributed by atoms with van der Waals surface area (Å²) in [6, 6.07) is 8.43. The molecule has 0 aliphatic rings. The van der Waals surface area contributed by atoms with Crippen molar-refractivity contribution in [2.75, 3.05) is 19.7 Å². The zero-order valence-corrected chi connectivity index (χ0v) is 13.1. The van der Waals surface area contributed by atoms with E-state index in [1.165, 1.54) is 5.56 Å². The van der Waals surface area contributed by atoms with Gasteiger partial charge in [-0.05, 0) is 48.5 Å². The normalized spacial score (nSPS) is 11.9. The molecule has 0 radical (unpaired) electrons. The van der Waals surface area contributed by atoms with Crippen LogP contribution in [0, 0.1) is 5.92 Å². The quantitative estimate of drug-likeness (QED) is 0.751. The average Bonchev–Trinajstić information content (AvgIpc) is 2.32. The van der Waals surface area contributed by atoms with E-state index in [9.17, 15) is 0 Å². The Morgan fingerprint density at radius 1 is 1.21 bits per heavy atom. The van der Waals surface area contributed by atoms with Gasteiger partial charge in [0.1, 0.15) is 5.75 Å². The Morgan fingerprint density at radius 2 is 1.95 bits per heavy atom. The Labute approximate surface area is 118 Å². The van der Waals surface area contributed by atoms with Crippen LogP contribution in [-0.2, 0) is 5.41 Å². The third-order valence-electron chi connectivity index (χ3n) is 3.02. The zero-order chi connectivity index (χ0) is 14.3. The van der Waals surface area contributed by atoms with Gasteiger partial charge in [0, 0.05) is 0 Å². The molecule has 0 saturated carbocycles. The number of hydrogen-bond acceptors (Lipinski definition) is 2. The number of rotatable bonds is 7. The number of nitrogens with one attached hydrogen (secondary N) is 1. The maximum atomic E-state index is 5.81. The summed E-state index contributed by atoms with van der Waals surface area (Å²) in [5, 5.41) is 3.43. The summed E-state index contributed by atoms with van der Waals surface area (Å²) in [6.07, 6.45) is 1.05. The summed E-state index contributed by atoms with van der Waals surface area (Å²) in [6.45, 7) is 14.0. The third-order valence-corrected chi connectivity index (χ3v) is 3.02. The third kappa shape index (κ3) is 6.63. The van der Waals surface area contributed by atoms with E-state index >= 15 is 0 Å². The second-order valence-electron chi connectivity index (χ2n) is 6.58. The van der Waals surface area contributed by atoms with E-state index in [4.69, 9.17) is 4.74 Å². The first-order chi connectivity index (χ1) is 8.89. The minimum absolute atomic E-state index is 0.179. The van der Waals surface area contributed by atoms with Gasteiger partial charge in [-0.1, -0.05) is 46.8 Å². The van der Waals surface area contributed by atoms with Crippen LogP contribution in [0.4, 0.5) is 0 Å². The molecule has 0 aliphatic heterocycles. The van der Waals surface area contributed by atoms with Crippen molar-refractivity contribution in [3.8, 4) is 5.75 Å². The monoisotopic (exact) mass is 263 g/mol. The molecule has 0 spiro atoms. The van der Waals surface area contributed by atoms with Crippen LogP contribution in [0.3, 0.4) is 0 Å². The van der Waals surface area contributed by atoms with Gasteiger partial charge in [0.2, 0.25) is 0 Å². The van der Waals surface area contributed by atoms with Gasteiger partial charge < -0.3 is 10.1 Å². The number of hydrogen-bond donors (Lipinski definition) is 1. The predicted molar refractivity (Wildman–Crippen MR) is 83.0 cm³/mol. The van der Waals surface area contributed by atoms with Gasteiger partial charge in [-0.25, -0.2) is 0 Å². The van der Waals surface area contributed by atoms with Crippen LogP contribution < -0.4 is 10.1 Å². The molecule has 2 nitrogen and oxygen atoms in total. The molecule has 0 bridgehead atoms. The van der Waals surface area contributed by atoms with Crippen LogP contribution in [0.5, 0.6) is 5.75 Å². The van der Waals surface area contributed by atoms with Crippen molar-refractivity contribution in [3.63, 3.8) is 0 Å². The fraction of sp³-hybridized carbons (Fsp3) is 0.647. The topological polar surface area (TPSA) is 21.3 Å². The van der Waals surface area contributed by atoms with Crippen molar-refractivity contribution >= 4 is 0 Å². The number of ether oxygens (including phenoxy) is 1. The highest BCUT2D eigenvalue weighted by Crippen LogP contribution is 2.25. The molecule has 1 rings (SSSR count). The van der Waals surface area contributed by atoms with Crippen LogP contribution in [0.1, 0.15) is 46.6 Å². The fourth-order valence-electron chi connectivity index (χ4n) is 1.83. The molecule has 108 valence electrons. The van der Waals surface area contributed by atoms with E-state index in [2.05, 4.69) is 58.1 Å². The standard InChI is InChI=1S/C17H29NO/c1-14(2)13-18-10-7-11-19-16-9-6-8-15(12-16)17(3,4)5/h6,8-9,12,14,18H,7,10-11,13H2,1-5H3. The van der Waals surface area contributed by atoms with E-state index in [1.54, 1.807) is 0 Å². The smallest absolute Gasteiger partial charge is 0.119 e. The lowest BCUT2D eigenvalue weighted by Gasteiger charge is -2.19. The largest absolute Gasteiger partial charge is 0.494 e. The molecule has 0 saturated heterocycles. The average molecular weight is 263 g/mol. The molecule has 0 aromatic heterocycles. The fourth-order valence-corrected chi connectivity index (χ4v) is 1.83. The Kier molecular flexibility index (Phi) is 6.36. The highest BCUT2D eigenvalue weighted by Gasteiger charge is 2.13. The van der Waals surface area contributed by atoms with Gasteiger partial charge in [-0.2, -0.15) is 0 Å². The summed E-state index contributed by atoms with van der Waals surface area (Å²) >= 11 is 0. The summed E-state index contributed by atoms with van der Waals surface area (Å²) in [5.74, 6) is 1.70. The van der Waals surface area contributed by atoms with Crippen LogP contribution in [-0.4, -0.2) is 19.7 Å². The van der Waals surface area contributed by atoms with Gasteiger partial charge in [-0.3, -0.25) is 0 Å². The van der Waals surface area contributed by atoms with Gasteiger partial charge in [0.05, 0.1) is 6.61 Å². The Hall–Kier alpha value is -1.02. The Morgan fingerprint density at radius 3 is 2.58 bits per heavy atom. The molecule has 0 unspecified atom stereocenters. The minimum Gasteiger partial charge on any atom is -0.494 e. The van der Waals surface area contributed by atoms with E-state index in [0.29, 0.717) is 5.92 Å². The van der Waals surface area contributed by atoms with Crippen molar-refractivity contribution in [2.24, 2.45) is 5.92 Å². The molecule has 19 heavy (non-hydrogen) atoms. The van der Waals surface area contributed by atoms with Crippen LogP contribution >= 0.6 is 0 Å². The van der Waals surface area contributed by atoms with Gasteiger partial charge in [-0.15, -0.1) is 0 Å². The molecule has 1 N–H and O–H groups in total. The molecule has 0 fully saturated rings. The SMILES string of the molecule is CC(C)CNCCCOc1cccc(C(C)(C)C)c1. The highest BCUT2D eigenvalue weighted by molar-refractivity contribution is 5.32. The maximum absolute atomic E-state index is 5.81. The van der Waals surface area contributed by atoms with E-state index < -0.39 is 0 Å². The summed E-state index contributed by atoms with van der Waals surface area (Å²) in [5.41, 5.74) is 1.50. The first kappa shape index (κ1) is 16.0. The summed E-state index contributed by atoms with van der Waals surface area (Å²) in [4.78, 5) is 0. The van der Waals surface area contributed by atoms with Crippen LogP contribution in [0.15, 0.2) is 24.3 Å². The van der Waals surface area contributed by atoms with Gasteiger partial charge in [0.25, 0.3) is 0 Å². The number of benzene rings is 1. The molecule has 2 heteroatoms. The zero-order valence-electron chi connectivity index (χ0n) is 13.1. The second kappa shape index (κ2) is 7.54. The first-order valence-electron chi connectivity index (χ1n) is 7.33. The predicted octanol–water partition coefficient (Wildman–Crippen LogP) is 4.00. The molecule has 0 amide bonds. The molecule has 0 atom stereocenters. The molecule has 0 aliphatic carbocycles. The van der Waals surface area contributed by atoms with Crippen molar-refractivity contribution in [1.82, 2.24) is 5.32 Å². The second-order valence-corrected chi connectivity index (χ2v) is 6.58. The van der Waals surface area contributed by atoms with Crippen molar-refractivity contribution in [3.05, 3.63) is 29.8 Å². The van der Waals surface area contributed by atoms with E-state index in [0.717, 1.165) is 31.9 Å². The van der Waals surface area contributed by atoms with Gasteiger partial charge >= 0.3 is 0 Å². The lowest BCUT2D eigenvalue weighted by atomic mass is 9.87. The van der Waals surface area contributed by atoms with Crippen molar-refractivity contribution in [1.29, 1.82) is 0 Å². The minimum atomic E-state index is 0.179. The highest BCUT2D eigenvalue weighted by atomic mass is 16.5. The van der Waals surface area contributed by atoms with Crippen molar-refractivity contribution in [2.45, 2.75) is 46.5 Å². The Bertz CT molecular complexity index is 366. The lowest BCUT2D eigenvalue weighted by molar-refractivity contribution is 0.306. The summed E-state index contributed by atoms with van der Waals surface area (Å²) in [7, 11) is 0. The Balaban J connectivity index is 2.30. The first-order valence-corrected chi connectivity index (χ1v) is 7.33. The molecule has 1 aromatic rings. The summed E-state index contributed by atoms with van der Waals surface area (Å²) < 4.78 is 5.81. The molecular weight excluding hydrogens is 234 g/mol. The van der Waals surface area contributed by atoms with Crippen molar-refractivity contribution < 1.29 is 4.74 Å². The molecule has 1 aromatic carbocycles. The van der Waals surface area contributed by atoms with Crippen LogP contribution in [0.25, 0.3) is 0 Å². The molecular formula is C17H29NO. The van der Waals surface area contributed by atoms with Crippen LogP contribution in [0.2, 0.25) is 0 Å². The van der Waals surface area contributed by atoms with Gasteiger partial charge in [0.15, 0.2) is 0 Å². The van der Waals surface area contributed by atoms with E-state index in [1.807, 2.05) is 6.07 Å².